The van der Waals surface area contributed by atoms with E-state index in [2.05, 4.69) is 9.80 Å². The molecule has 24 heavy (non-hydrogen) atoms. The Labute approximate surface area is 146 Å². The Hall–Kier alpha value is -0.200. The molecule has 0 radical (unpaired) electrons. The fraction of sp³-hybridized carbons (Fsp3) is 1.00. The zero-order valence-corrected chi connectivity index (χ0v) is 14.9. The minimum Gasteiger partial charge on any atom is -0.389 e. The molecule has 4 aliphatic rings. The highest BCUT2D eigenvalue weighted by molar-refractivity contribution is 4.96. The van der Waals surface area contributed by atoms with Gasteiger partial charge in [-0.3, -0.25) is 9.80 Å². The average molecular weight is 338 g/mol. The van der Waals surface area contributed by atoms with E-state index in [4.69, 9.17) is 9.47 Å². The molecule has 0 aromatic carbocycles. The van der Waals surface area contributed by atoms with Crippen LogP contribution in [0.4, 0.5) is 0 Å². The number of fused-ring (bicyclic) bond motifs is 2. The number of ether oxygens (including phenoxy) is 2. The molecule has 5 heteroatoms. The first-order valence-electron chi connectivity index (χ1n) is 10.1. The lowest BCUT2D eigenvalue weighted by atomic mass is 9.93. The van der Waals surface area contributed by atoms with Gasteiger partial charge in [0, 0.05) is 52.0 Å². The molecule has 138 valence electrons. The summed E-state index contributed by atoms with van der Waals surface area (Å²) in [6.07, 6.45) is 7.76. The normalized spacial score (nSPS) is 37.1. The molecule has 0 amide bonds. The smallest absolute Gasteiger partial charge is 0.0900 e. The van der Waals surface area contributed by atoms with Crippen LogP contribution in [0.2, 0.25) is 0 Å². The molecular formula is C19H34N2O3. The van der Waals surface area contributed by atoms with Crippen LogP contribution in [0.1, 0.15) is 38.5 Å². The lowest BCUT2D eigenvalue weighted by Crippen LogP contribution is -2.53. The number of rotatable bonds is 6. The van der Waals surface area contributed by atoms with Gasteiger partial charge in [-0.25, -0.2) is 0 Å². The Balaban J connectivity index is 1.14. The number of aliphatic hydroxyl groups is 1. The van der Waals surface area contributed by atoms with E-state index in [0.29, 0.717) is 6.61 Å². The molecule has 5 nitrogen and oxygen atoms in total. The van der Waals surface area contributed by atoms with E-state index in [0.717, 1.165) is 63.6 Å². The van der Waals surface area contributed by atoms with Crippen molar-refractivity contribution in [2.45, 2.75) is 56.8 Å². The van der Waals surface area contributed by atoms with E-state index < -0.39 is 0 Å². The molecule has 2 bridgehead atoms. The molecule has 4 rings (SSSR count). The van der Waals surface area contributed by atoms with Gasteiger partial charge in [-0.05, 0) is 43.9 Å². The van der Waals surface area contributed by atoms with Crippen LogP contribution in [0.25, 0.3) is 0 Å². The lowest BCUT2D eigenvalue weighted by Gasteiger charge is -2.41. The Morgan fingerprint density at radius 3 is 2.46 bits per heavy atom. The molecule has 2 aliphatic heterocycles. The molecule has 0 spiro atoms. The van der Waals surface area contributed by atoms with Crippen molar-refractivity contribution >= 4 is 0 Å². The monoisotopic (exact) mass is 338 g/mol. The van der Waals surface area contributed by atoms with Gasteiger partial charge in [-0.1, -0.05) is 6.42 Å². The SMILES string of the molecule is OC(COC1CCOCC1)CN1CCN(C2CC3CCC2C3)CC1. The van der Waals surface area contributed by atoms with Gasteiger partial charge in [0.1, 0.15) is 0 Å². The Morgan fingerprint density at radius 1 is 1.00 bits per heavy atom. The molecule has 4 atom stereocenters. The van der Waals surface area contributed by atoms with Crippen molar-refractivity contribution in [1.29, 1.82) is 0 Å². The first-order valence-corrected chi connectivity index (χ1v) is 10.1. The summed E-state index contributed by atoms with van der Waals surface area (Å²) in [6.45, 7) is 7.38. The third kappa shape index (κ3) is 4.13. The molecule has 2 heterocycles. The number of piperazine rings is 1. The van der Waals surface area contributed by atoms with Gasteiger partial charge in [0.2, 0.25) is 0 Å². The van der Waals surface area contributed by atoms with Gasteiger partial charge in [-0.15, -0.1) is 0 Å². The first kappa shape index (κ1) is 17.2. The maximum atomic E-state index is 10.3. The van der Waals surface area contributed by atoms with E-state index >= 15 is 0 Å². The van der Waals surface area contributed by atoms with E-state index in [1.54, 1.807) is 0 Å². The maximum absolute atomic E-state index is 10.3. The molecule has 2 aliphatic carbocycles. The Morgan fingerprint density at radius 2 is 1.79 bits per heavy atom. The van der Waals surface area contributed by atoms with Crippen molar-refractivity contribution in [3.8, 4) is 0 Å². The maximum Gasteiger partial charge on any atom is 0.0900 e. The fourth-order valence-electron chi connectivity index (χ4n) is 5.38. The van der Waals surface area contributed by atoms with Gasteiger partial charge in [0.25, 0.3) is 0 Å². The second-order valence-corrected chi connectivity index (χ2v) is 8.38. The second kappa shape index (κ2) is 8.00. The van der Waals surface area contributed by atoms with Gasteiger partial charge < -0.3 is 14.6 Å². The van der Waals surface area contributed by atoms with Crippen molar-refractivity contribution in [3.05, 3.63) is 0 Å². The summed E-state index contributed by atoms with van der Waals surface area (Å²) in [5.74, 6) is 2.02. The predicted octanol–water partition coefficient (Wildman–Crippen LogP) is 1.35. The highest BCUT2D eigenvalue weighted by atomic mass is 16.5. The molecule has 4 fully saturated rings. The second-order valence-electron chi connectivity index (χ2n) is 8.38. The zero-order valence-electron chi connectivity index (χ0n) is 14.9. The number of hydrogen-bond acceptors (Lipinski definition) is 5. The number of nitrogens with zero attached hydrogens (tertiary/aromatic N) is 2. The van der Waals surface area contributed by atoms with Gasteiger partial charge in [0.05, 0.1) is 18.8 Å². The van der Waals surface area contributed by atoms with Crippen LogP contribution in [0.3, 0.4) is 0 Å². The fourth-order valence-corrected chi connectivity index (χ4v) is 5.38. The first-order chi connectivity index (χ1) is 11.8. The minimum atomic E-state index is -0.359. The molecule has 0 aromatic rings. The third-order valence-electron chi connectivity index (χ3n) is 6.74. The number of aliphatic hydroxyl groups excluding tert-OH is 1. The van der Waals surface area contributed by atoms with E-state index in [9.17, 15) is 5.11 Å². The highest BCUT2D eigenvalue weighted by Gasteiger charge is 2.42. The predicted molar refractivity (Wildman–Crippen MR) is 93.0 cm³/mol. The molecule has 2 saturated heterocycles. The summed E-state index contributed by atoms with van der Waals surface area (Å²) < 4.78 is 11.2. The van der Waals surface area contributed by atoms with Crippen molar-refractivity contribution in [3.63, 3.8) is 0 Å². The Kier molecular flexibility index (Phi) is 5.74. The van der Waals surface area contributed by atoms with E-state index in [1.807, 2.05) is 0 Å². The van der Waals surface area contributed by atoms with Gasteiger partial charge >= 0.3 is 0 Å². The lowest BCUT2D eigenvalue weighted by molar-refractivity contribution is -0.0665. The summed E-state index contributed by atoms with van der Waals surface area (Å²) in [7, 11) is 0. The van der Waals surface area contributed by atoms with Crippen LogP contribution < -0.4 is 0 Å². The number of hydrogen-bond donors (Lipinski definition) is 1. The van der Waals surface area contributed by atoms with Crippen LogP contribution in [0.5, 0.6) is 0 Å². The average Bonchev–Trinajstić information content (AvgIpc) is 3.25. The molecular weight excluding hydrogens is 304 g/mol. The highest BCUT2D eigenvalue weighted by Crippen LogP contribution is 2.46. The summed E-state index contributed by atoms with van der Waals surface area (Å²) in [5, 5.41) is 10.3. The van der Waals surface area contributed by atoms with Crippen molar-refractivity contribution in [1.82, 2.24) is 9.80 Å². The topological polar surface area (TPSA) is 45.2 Å². The van der Waals surface area contributed by atoms with Crippen LogP contribution in [-0.4, -0.2) is 85.7 Å². The van der Waals surface area contributed by atoms with Crippen molar-refractivity contribution in [2.75, 3.05) is 52.5 Å². The number of β-amino-alcohol motifs (C(OH)–C–C–N with tert-alkyl or cyclic N) is 1. The largest absolute Gasteiger partial charge is 0.389 e. The van der Waals surface area contributed by atoms with Crippen LogP contribution in [0, 0.1) is 11.8 Å². The summed E-state index contributed by atoms with van der Waals surface area (Å²) in [4.78, 5) is 5.16. The molecule has 4 unspecified atom stereocenters. The minimum absolute atomic E-state index is 0.281. The standard InChI is InChI=1S/C19H34N2O3/c22-17(14-24-18-3-9-23-10-4-18)13-20-5-7-21(8-6-20)19-12-15-1-2-16(19)11-15/h15-19,22H,1-14H2. The quantitative estimate of drug-likeness (QED) is 0.792. The summed E-state index contributed by atoms with van der Waals surface area (Å²) in [5.41, 5.74) is 0. The van der Waals surface area contributed by atoms with E-state index in [1.165, 1.54) is 38.8 Å². The molecule has 1 N–H and O–H groups in total. The van der Waals surface area contributed by atoms with Crippen LogP contribution in [-0.2, 0) is 9.47 Å². The molecule has 0 aromatic heterocycles. The summed E-state index contributed by atoms with van der Waals surface area (Å²) >= 11 is 0. The van der Waals surface area contributed by atoms with Crippen molar-refractivity contribution in [2.24, 2.45) is 11.8 Å². The van der Waals surface area contributed by atoms with Crippen molar-refractivity contribution < 1.29 is 14.6 Å². The van der Waals surface area contributed by atoms with Gasteiger partial charge in [0.15, 0.2) is 0 Å². The zero-order chi connectivity index (χ0) is 16.4. The van der Waals surface area contributed by atoms with E-state index in [-0.39, 0.29) is 12.2 Å². The molecule has 2 saturated carbocycles. The summed E-state index contributed by atoms with van der Waals surface area (Å²) in [6, 6.07) is 0.868. The van der Waals surface area contributed by atoms with Gasteiger partial charge in [-0.2, -0.15) is 0 Å². The van der Waals surface area contributed by atoms with Crippen LogP contribution >= 0.6 is 0 Å². The van der Waals surface area contributed by atoms with Crippen LogP contribution in [0.15, 0.2) is 0 Å². The Bertz CT molecular complexity index is 394. The third-order valence-corrected chi connectivity index (χ3v) is 6.74.